The Balaban J connectivity index is 2.33. The van der Waals surface area contributed by atoms with Gasteiger partial charge in [0.15, 0.2) is 0 Å². The number of aliphatic hydroxyl groups excluding tert-OH is 1. The Hall–Kier alpha value is -1.85. The van der Waals surface area contributed by atoms with E-state index in [9.17, 15) is 4.79 Å². The minimum absolute atomic E-state index is 0.0222. The molecule has 0 fully saturated rings. The predicted molar refractivity (Wildman–Crippen MR) is 82.2 cm³/mol. The molecule has 0 aliphatic rings. The van der Waals surface area contributed by atoms with Gasteiger partial charge in [0.05, 0.1) is 19.8 Å². The number of para-hydroxylation sites is 1. The molecule has 0 bridgehead atoms. The van der Waals surface area contributed by atoms with Crippen LogP contribution in [0.1, 0.15) is 18.9 Å². The van der Waals surface area contributed by atoms with E-state index in [2.05, 4.69) is 5.32 Å². The number of carbonyl (C=O) groups is 1. The van der Waals surface area contributed by atoms with Crippen molar-refractivity contribution in [3.05, 3.63) is 35.9 Å². The van der Waals surface area contributed by atoms with Crippen molar-refractivity contribution >= 4 is 12.0 Å². The first-order valence-corrected chi connectivity index (χ1v) is 7.14. The summed E-state index contributed by atoms with van der Waals surface area (Å²) in [5.74, 6) is 0.616. The van der Waals surface area contributed by atoms with Crippen LogP contribution in [0.25, 0.3) is 6.08 Å². The number of ether oxygens (including phenoxy) is 2. The van der Waals surface area contributed by atoms with Crippen LogP contribution in [0.4, 0.5) is 0 Å². The van der Waals surface area contributed by atoms with Gasteiger partial charge in [-0.1, -0.05) is 18.2 Å². The molecule has 1 aromatic rings. The second-order valence-corrected chi connectivity index (χ2v) is 4.28. The van der Waals surface area contributed by atoms with E-state index >= 15 is 0 Å². The second kappa shape index (κ2) is 10.9. The Morgan fingerprint density at radius 1 is 1.33 bits per heavy atom. The largest absolute Gasteiger partial charge is 0.493 e. The van der Waals surface area contributed by atoms with E-state index in [0.29, 0.717) is 26.4 Å². The number of benzene rings is 1. The zero-order valence-corrected chi connectivity index (χ0v) is 12.4. The van der Waals surface area contributed by atoms with Crippen LogP contribution < -0.4 is 10.1 Å². The molecule has 0 aliphatic carbocycles. The first kappa shape index (κ1) is 17.2. The Bertz CT molecular complexity index is 446. The van der Waals surface area contributed by atoms with E-state index in [1.165, 1.54) is 6.08 Å². The third-order valence-corrected chi connectivity index (χ3v) is 2.63. The third-order valence-electron chi connectivity index (χ3n) is 2.63. The molecule has 116 valence electrons. The summed E-state index contributed by atoms with van der Waals surface area (Å²) in [5, 5.41) is 11.3. The number of nitrogens with one attached hydrogen (secondary N) is 1. The number of amides is 1. The SMILES string of the molecule is CCOc1ccccc1/C=C/C(=O)NCCCOCCO. The summed E-state index contributed by atoms with van der Waals surface area (Å²) in [6, 6.07) is 7.57. The normalized spacial score (nSPS) is 10.8. The van der Waals surface area contributed by atoms with E-state index in [1.807, 2.05) is 31.2 Å². The van der Waals surface area contributed by atoms with Gasteiger partial charge in [-0.15, -0.1) is 0 Å². The Morgan fingerprint density at radius 3 is 2.90 bits per heavy atom. The van der Waals surface area contributed by atoms with Crippen LogP contribution in [0.5, 0.6) is 5.75 Å². The molecule has 0 atom stereocenters. The molecule has 0 aromatic heterocycles. The molecule has 0 radical (unpaired) electrons. The molecular formula is C16H23NO4. The molecule has 5 heteroatoms. The highest BCUT2D eigenvalue weighted by atomic mass is 16.5. The maximum atomic E-state index is 11.7. The maximum absolute atomic E-state index is 11.7. The number of hydrogen-bond donors (Lipinski definition) is 2. The Kier molecular flexibility index (Phi) is 8.91. The average Bonchev–Trinajstić information content (AvgIpc) is 2.50. The number of carbonyl (C=O) groups excluding carboxylic acids is 1. The zero-order valence-electron chi connectivity index (χ0n) is 12.4. The van der Waals surface area contributed by atoms with Gasteiger partial charge in [0.1, 0.15) is 5.75 Å². The summed E-state index contributed by atoms with van der Waals surface area (Å²) in [6.45, 7) is 3.94. The van der Waals surface area contributed by atoms with Crippen molar-refractivity contribution in [3.8, 4) is 5.75 Å². The molecule has 0 unspecified atom stereocenters. The van der Waals surface area contributed by atoms with Crippen molar-refractivity contribution in [2.24, 2.45) is 0 Å². The van der Waals surface area contributed by atoms with Crippen LogP contribution in [0.15, 0.2) is 30.3 Å². The van der Waals surface area contributed by atoms with Crippen LogP contribution in [0.3, 0.4) is 0 Å². The summed E-state index contributed by atoms with van der Waals surface area (Å²) < 4.78 is 10.6. The fourth-order valence-electron chi connectivity index (χ4n) is 1.68. The number of rotatable bonds is 10. The number of hydrogen-bond acceptors (Lipinski definition) is 4. The van der Waals surface area contributed by atoms with E-state index in [0.717, 1.165) is 17.7 Å². The van der Waals surface area contributed by atoms with Crippen LogP contribution in [-0.4, -0.2) is 44.0 Å². The summed E-state index contributed by atoms with van der Waals surface area (Å²) in [7, 11) is 0. The summed E-state index contributed by atoms with van der Waals surface area (Å²) in [4.78, 5) is 11.7. The molecule has 0 spiro atoms. The van der Waals surface area contributed by atoms with Gasteiger partial charge in [-0.3, -0.25) is 4.79 Å². The Morgan fingerprint density at radius 2 is 2.14 bits per heavy atom. The predicted octanol–water partition coefficient (Wildman–Crippen LogP) is 1.61. The molecule has 5 nitrogen and oxygen atoms in total. The molecular weight excluding hydrogens is 270 g/mol. The van der Waals surface area contributed by atoms with E-state index in [-0.39, 0.29) is 12.5 Å². The highest BCUT2D eigenvalue weighted by molar-refractivity contribution is 5.92. The molecule has 1 aromatic carbocycles. The molecule has 0 saturated carbocycles. The summed E-state index contributed by atoms with van der Waals surface area (Å²) in [5.41, 5.74) is 0.876. The minimum Gasteiger partial charge on any atom is -0.493 e. The van der Waals surface area contributed by atoms with Gasteiger partial charge in [-0.25, -0.2) is 0 Å². The lowest BCUT2D eigenvalue weighted by Crippen LogP contribution is -2.23. The van der Waals surface area contributed by atoms with Gasteiger partial charge in [-0.05, 0) is 25.5 Å². The van der Waals surface area contributed by atoms with E-state index in [4.69, 9.17) is 14.6 Å². The van der Waals surface area contributed by atoms with Crippen molar-refractivity contribution in [3.63, 3.8) is 0 Å². The Labute approximate surface area is 125 Å². The van der Waals surface area contributed by atoms with Gasteiger partial charge in [-0.2, -0.15) is 0 Å². The smallest absolute Gasteiger partial charge is 0.244 e. The monoisotopic (exact) mass is 293 g/mol. The quantitative estimate of drug-likeness (QED) is 0.508. The second-order valence-electron chi connectivity index (χ2n) is 4.28. The zero-order chi connectivity index (χ0) is 15.3. The van der Waals surface area contributed by atoms with E-state index in [1.54, 1.807) is 6.08 Å². The summed E-state index contributed by atoms with van der Waals surface area (Å²) in [6.07, 6.45) is 3.95. The standard InChI is InChI=1S/C16H23NO4/c1-2-21-15-7-4-3-6-14(15)8-9-16(19)17-10-5-12-20-13-11-18/h3-4,6-9,18H,2,5,10-13H2,1H3,(H,17,19)/b9-8+. The van der Waals surface area contributed by atoms with Gasteiger partial charge in [0.2, 0.25) is 5.91 Å². The van der Waals surface area contributed by atoms with Crippen molar-refractivity contribution in [1.29, 1.82) is 0 Å². The average molecular weight is 293 g/mol. The minimum atomic E-state index is -0.150. The molecule has 21 heavy (non-hydrogen) atoms. The maximum Gasteiger partial charge on any atom is 0.244 e. The molecule has 1 amide bonds. The van der Waals surface area contributed by atoms with E-state index < -0.39 is 0 Å². The first-order valence-electron chi connectivity index (χ1n) is 7.14. The summed E-state index contributed by atoms with van der Waals surface area (Å²) >= 11 is 0. The fraction of sp³-hybridized carbons (Fsp3) is 0.438. The van der Waals surface area contributed by atoms with Crippen LogP contribution in [0, 0.1) is 0 Å². The van der Waals surface area contributed by atoms with Crippen LogP contribution in [0.2, 0.25) is 0 Å². The molecule has 0 aliphatic heterocycles. The van der Waals surface area contributed by atoms with Gasteiger partial charge < -0.3 is 19.9 Å². The van der Waals surface area contributed by atoms with Crippen LogP contribution in [-0.2, 0) is 9.53 Å². The van der Waals surface area contributed by atoms with Crippen LogP contribution >= 0.6 is 0 Å². The number of aliphatic hydroxyl groups is 1. The van der Waals surface area contributed by atoms with Crippen molar-refractivity contribution in [2.45, 2.75) is 13.3 Å². The molecule has 0 heterocycles. The first-order chi connectivity index (χ1) is 10.3. The van der Waals surface area contributed by atoms with Gasteiger partial charge in [0, 0.05) is 24.8 Å². The topological polar surface area (TPSA) is 67.8 Å². The lowest BCUT2D eigenvalue weighted by molar-refractivity contribution is -0.116. The van der Waals surface area contributed by atoms with Crippen molar-refractivity contribution in [2.75, 3.05) is 33.0 Å². The third kappa shape index (κ3) is 7.48. The van der Waals surface area contributed by atoms with Crippen molar-refractivity contribution in [1.82, 2.24) is 5.32 Å². The lowest BCUT2D eigenvalue weighted by Gasteiger charge is -2.06. The highest BCUT2D eigenvalue weighted by Crippen LogP contribution is 2.19. The van der Waals surface area contributed by atoms with Crippen molar-refractivity contribution < 1.29 is 19.4 Å². The molecule has 0 saturated heterocycles. The fourth-order valence-corrected chi connectivity index (χ4v) is 1.68. The molecule has 1 rings (SSSR count). The lowest BCUT2D eigenvalue weighted by atomic mass is 10.2. The highest BCUT2D eigenvalue weighted by Gasteiger charge is 2.00. The van der Waals surface area contributed by atoms with Gasteiger partial charge in [0.25, 0.3) is 0 Å². The molecule has 2 N–H and O–H groups in total. The van der Waals surface area contributed by atoms with Gasteiger partial charge >= 0.3 is 0 Å².